The number of aryl methyl sites for hydroxylation is 1. The maximum Gasteiger partial charge on any atom is 0.346 e. The molecule has 0 aromatic carbocycles. The summed E-state index contributed by atoms with van der Waals surface area (Å²) in [7, 11) is 0. The average molecular weight is 310 g/mol. The van der Waals surface area contributed by atoms with Gasteiger partial charge in [-0.25, -0.2) is 9.59 Å². The average Bonchev–Trinajstić information content (AvgIpc) is 2.38. The Morgan fingerprint density at radius 2 is 2.19 bits per heavy atom. The molecular formula is C12H10N2O6S. The molecule has 0 fully saturated rings. The summed E-state index contributed by atoms with van der Waals surface area (Å²) in [5.74, 6) is -1.42. The van der Waals surface area contributed by atoms with E-state index < -0.39 is 22.8 Å². The minimum atomic E-state index is -1.22. The number of carboxylic acids is 1. The zero-order valence-corrected chi connectivity index (χ0v) is 11.6. The molecular weight excluding hydrogens is 300 g/mol. The minimum absolute atomic E-state index is 0.0273. The van der Waals surface area contributed by atoms with E-state index in [0.717, 1.165) is 24.1 Å². The summed E-state index contributed by atoms with van der Waals surface area (Å²) in [4.78, 5) is 39.7. The van der Waals surface area contributed by atoms with Crippen molar-refractivity contribution in [3.63, 3.8) is 0 Å². The summed E-state index contributed by atoms with van der Waals surface area (Å²) < 4.78 is 4.99. The van der Waals surface area contributed by atoms with Crippen LogP contribution in [0.2, 0.25) is 0 Å². The standard InChI is InChI=1S/C12H10N2O6S/c1-5-9(11(17)18)10(14-12(19)13-5)21-4-6-2-7(15)8(16)3-20-6/h2-3,16H,4H2,1H3,(H,17,18)(H,13,14,19). The van der Waals surface area contributed by atoms with Gasteiger partial charge in [0, 0.05) is 11.8 Å². The maximum atomic E-state index is 11.3. The molecule has 0 aliphatic carbocycles. The van der Waals surface area contributed by atoms with Crippen LogP contribution in [0.3, 0.4) is 0 Å². The second kappa shape index (κ2) is 5.83. The van der Waals surface area contributed by atoms with Crippen molar-refractivity contribution in [1.82, 2.24) is 9.97 Å². The Bertz CT molecular complexity index is 810. The zero-order valence-electron chi connectivity index (χ0n) is 10.7. The molecule has 2 heterocycles. The van der Waals surface area contributed by atoms with E-state index in [0.29, 0.717) is 0 Å². The third-order valence-electron chi connectivity index (χ3n) is 2.52. The predicted octanol–water partition coefficient (Wildman–Crippen LogP) is 0.728. The van der Waals surface area contributed by atoms with Crippen LogP contribution in [0.25, 0.3) is 0 Å². The fourth-order valence-corrected chi connectivity index (χ4v) is 2.54. The molecule has 21 heavy (non-hydrogen) atoms. The van der Waals surface area contributed by atoms with Crippen LogP contribution in [0, 0.1) is 6.92 Å². The lowest BCUT2D eigenvalue weighted by molar-refractivity contribution is 0.0690. The second-order valence-corrected chi connectivity index (χ2v) is 5.00. The monoisotopic (exact) mass is 310 g/mol. The van der Waals surface area contributed by atoms with Crippen molar-refractivity contribution in [3.05, 3.63) is 50.1 Å². The normalized spacial score (nSPS) is 10.5. The highest BCUT2D eigenvalue weighted by Crippen LogP contribution is 2.24. The van der Waals surface area contributed by atoms with E-state index in [1.165, 1.54) is 6.92 Å². The van der Waals surface area contributed by atoms with Gasteiger partial charge in [-0.1, -0.05) is 11.8 Å². The minimum Gasteiger partial charge on any atom is -0.502 e. The molecule has 2 rings (SSSR count). The summed E-state index contributed by atoms with van der Waals surface area (Å²) in [6, 6.07) is 1.09. The maximum absolute atomic E-state index is 11.3. The van der Waals surface area contributed by atoms with Crippen LogP contribution >= 0.6 is 11.8 Å². The van der Waals surface area contributed by atoms with E-state index in [1.54, 1.807) is 0 Å². The molecule has 2 aromatic rings. The first kappa shape index (κ1) is 14.9. The van der Waals surface area contributed by atoms with Crippen molar-refractivity contribution in [3.8, 4) is 5.75 Å². The highest BCUT2D eigenvalue weighted by atomic mass is 32.2. The summed E-state index contributed by atoms with van der Waals surface area (Å²) >= 11 is 0.945. The summed E-state index contributed by atoms with van der Waals surface area (Å²) in [5, 5.41) is 18.2. The number of carboxylic acid groups (broad SMARTS) is 1. The number of nitrogens with zero attached hydrogens (tertiary/aromatic N) is 1. The Labute approximate surface area is 121 Å². The molecule has 0 saturated carbocycles. The van der Waals surface area contributed by atoms with Crippen molar-refractivity contribution in [2.45, 2.75) is 17.7 Å². The number of aromatic carboxylic acids is 1. The van der Waals surface area contributed by atoms with Gasteiger partial charge in [-0.3, -0.25) is 4.79 Å². The molecule has 0 aliphatic rings. The largest absolute Gasteiger partial charge is 0.502 e. The number of nitrogens with one attached hydrogen (secondary N) is 1. The molecule has 0 atom stereocenters. The van der Waals surface area contributed by atoms with Crippen LogP contribution in [-0.2, 0) is 5.75 Å². The quantitative estimate of drug-likeness (QED) is 0.556. The first-order valence-electron chi connectivity index (χ1n) is 5.66. The number of hydrogen-bond donors (Lipinski definition) is 3. The smallest absolute Gasteiger partial charge is 0.346 e. The molecule has 8 nitrogen and oxygen atoms in total. The molecule has 0 spiro atoms. The van der Waals surface area contributed by atoms with Crippen LogP contribution in [0.4, 0.5) is 0 Å². The van der Waals surface area contributed by atoms with Gasteiger partial charge in [-0.05, 0) is 6.92 Å². The van der Waals surface area contributed by atoms with Gasteiger partial charge < -0.3 is 19.6 Å². The van der Waals surface area contributed by atoms with Crippen LogP contribution in [-0.4, -0.2) is 26.2 Å². The Morgan fingerprint density at radius 1 is 1.48 bits per heavy atom. The second-order valence-electron chi connectivity index (χ2n) is 4.04. The summed E-state index contributed by atoms with van der Waals surface area (Å²) in [6.07, 6.45) is 0.896. The Hall–Kier alpha value is -2.55. The molecule has 9 heteroatoms. The van der Waals surface area contributed by atoms with Gasteiger partial charge in [0.25, 0.3) is 0 Å². The third-order valence-corrected chi connectivity index (χ3v) is 3.52. The fraction of sp³-hybridized carbons (Fsp3) is 0.167. The van der Waals surface area contributed by atoms with Gasteiger partial charge in [0.2, 0.25) is 5.43 Å². The number of rotatable bonds is 4. The zero-order chi connectivity index (χ0) is 15.6. The van der Waals surface area contributed by atoms with Crippen molar-refractivity contribution in [1.29, 1.82) is 0 Å². The molecule has 3 N–H and O–H groups in total. The number of hydrogen-bond acceptors (Lipinski definition) is 7. The Morgan fingerprint density at radius 3 is 2.81 bits per heavy atom. The van der Waals surface area contributed by atoms with Crippen molar-refractivity contribution in [2.24, 2.45) is 0 Å². The molecule has 0 amide bonds. The number of H-pyrrole nitrogens is 1. The molecule has 0 unspecified atom stereocenters. The third kappa shape index (κ3) is 3.31. The summed E-state index contributed by atoms with van der Waals surface area (Å²) in [6.45, 7) is 1.46. The van der Waals surface area contributed by atoms with Crippen LogP contribution < -0.4 is 11.1 Å². The predicted molar refractivity (Wildman–Crippen MR) is 72.8 cm³/mol. The van der Waals surface area contributed by atoms with Gasteiger partial charge >= 0.3 is 11.7 Å². The molecule has 110 valence electrons. The van der Waals surface area contributed by atoms with Crippen molar-refractivity contribution in [2.75, 3.05) is 0 Å². The van der Waals surface area contributed by atoms with Crippen LogP contribution in [0.1, 0.15) is 21.8 Å². The molecule has 2 aromatic heterocycles. The first-order valence-corrected chi connectivity index (χ1v) is 6.64. The van der Waals surface area contributed by atoms with Crippen molar-refractivity contribution >= 4 is 17.7 Å². The van der Waals surface area contributed by atoms with E-state index >= 15 is 0 Å². The molecule has 0 radical (unpaired) electrons. The van der Waals surface area contributed by atoms with Gasteiger partial charge in [0.05, 0.1) is 5.75 Å². The van der Waals surface area contributed by atoms with E-state index in [1.807, 2.05) is 0 Å². The first-order chi connectivity index (χ1) is 9.88. The van der Waals surface area contributed by atoms with Crippen LogP contribution in [0.15, 0.2) is 31.4 Å². The Balaban J connectivity index is 2.31. The van der Waals surface area contributed by atoms with Gasteiger partial charge in [-0.2, -0.15) is 4.98 Å². The summed E-state index contributed by atoms with van der Waals surface area (Å²) in [5.41, 5.74) is -1.18. The fourth-order valence-electron chi connectivity index (χ4n) is 1.57. The van der Waals surface area contributed by atoms with Crippen LogP contribution in [0.5, 0.6) is 5.75 Å². The SMILES string of the molecule is Cc1[nH]c(=O)nc(SCc2cc(=O)c(O)co2)c1C(=O)O. The number of thioether (sulfide) groups is 1. The highest BCUT2D eigenvalue weighted by molar-refractivity contribution is 7.98. The van der Waals surface area contributed by atoms with Crippen molar-refractivity contribution < 1.29 is 19.4 Å². The lowest BCUT2D eigenvalue weighted by Gasteiger charge is -2.06. The van der Waals surface area contributed by atoms with E-state index in [2.05, 4.69) is 9.97 Å². The van der Waals surface area contributed by atoms with E-state index in [9.17, 15) is 14.4 Å². The highest BCUT2D eigenvalue weighted by Gasteiger charge is 2.17. The van der Waals surface area contributed by atoms with E-state index in [4.69, 9.17) is 14.6 Å². The number of aromatic amines is 1. The lowest BCUT2D eigenvalue weighted by Crippen LogP contribution is -2.18. The van der Waals surface area contributed by atoms with Gasteiger partial charge in [-0.15, -0.1) is 0 Å². The molecule has 0 aliphatic heterocycles. The lowest BCUT2D eigenvalue weighted by atomic mass is 10.2. The number of aromatic nitrogens is 2. The number of carbonyl (C=O) groups is 1. The topological polar surface area (TPSA) is 133 Å². The molecule has 0 saturated heterocycles. The number of aromatic hydroxyl groups is 1. The molecule has 0 bridgehead atoms. The van der Waals surface area contributed by atoms with E-state index in [-0.39, 0.29) is 27.8 Å². The Kier molecular flexibility index (Phi) is 4.13. The van der Waals surface area contributed by atoms with Gasteiger partial charge in [0.15, 0.2) is 5.75 Å². The van der Waals surface area contributed by atoms with Gasteiger partial charge in [0.1, 0.15) is 22.6 Å².